The number of ether oxygens (including phenoxy) is 1. The summed E-state index contributed by atoms with van der Waals surface area (Å²) in [6, 6.07) is 8.23. The Labute approximate surface area is 120 Å². The molecule has 4 nitrogen and oxygen atoms in total. The average molecular weight is 274 g/mol. The van der Waals surface area contributed by atoms with Crippen molar-refractivity contribution in [3.8, 4) is 0 Å². The number of nitrogens with one attached hydrogen (secondary N) is 1. The summed E-state index contributed by atoms with van der Waals surface area (Å²) in [5.41, 5.74) is 2.44. The van der Waals surface area contributed by atoms with Crippen LogP contribution >= 0.6 is 0 Å². The van der Waals surface area contributed by atoms with Crippen molar-refractivity contribution < 1.29 is 9.53 Å². The minimum atomic E-state index is -0.263. The summed E-state index contributed by atoms with van der Waals surface area (Å²) < 4.78 is 5.03. The molecule has 0 radical (unpaired) electrons. The highest BCUT2D eigenvalue weighted by atomic mass is 16.5. The van der Waals surface area contributed by atoms with E-state index in [9.17, 15) is 4.79 Å². The average Bonchev–Trinajstić information content (AvgIpc) is 3.33. The SMILES string of the molecule is COC(=O)C(c1cccc(C2CC2)c1)N1CCNCC1. The molecule has 3 rings (SSSR count). The highest BCUT2D eigenvalue weighted by Gasteiger charge is 2.31. The van der Waals surface area contributed by atoms with Gasteiger partial charge in [0.15, 0.2) is 0 Å². The van der Waals surface area contributed by atoms with Crippen molar-refractivity contribution in [2.45, 2.75) is 24.8 Å². The smallest absolute Gasteiger partial charge is 0.327 e. The summed E-state index contributed by atoms with van der Waals surface area (Å²) in [4.78, 5) is 14.4. The molecule has 1 heterocycles. The lowest BCUT2D eigenvalue weighted by Gasteiger charge is -2.33. The van der Waals surface area contributed by atoms with Crippen LogP contribution in [0.1, 0.15) is 35.9 Å². The van der Waals surface area contributed by atoms with Gasteiger partial charge in [-0.2, -0.15) is 0 Å². The molecule has 0 bridgehead atoms. The maximum Gasteiger partial charge on any atom is 0.327 e. The minimum Gasteiger partial charge on any atom is -0.468 e. The monoisotopic (exact) mass is 274 g/mol. The summed E-state index contributed by atoms with van der Waals surface area (Å²) in [5, 5.41) is 3.32. The lowest BCUT2D eigenvalue weighted by atomic mass is 10.00. The van der Waals surface area contributed by atoms with Crippen molar-refractivity contribution in [1.82, 2.24) is 10.2 Å². The second-order valence-electron chi connectivity index (χ2n) is 5.66. The van der Waals surface area contributed by atoms with Crippen molar-refractivity contribution in [2.75, 3.05) is 33.3 Å². The summed E-state index contributed by atoms with van der Waals surface area (Å²) >= 11 is 0. The predicted molar refractivity (Wildman–Crippen MR) is 77.6 cm³/mol. The molecular weight excluding hydrogens is 252 g/mol. The molecule has 0 amide bonds. The van der Waals surface area contributed by atoms with Crippen molar-refractivity contribution in [3.05, 3.63) is 35.4 Å². The van der Waals surface area contributed by atoms with Crippen molar-refractivity contribution in [1.29, 1.82) is 0 Å². The normalized spacial score (nSPS) is 21.4. The van der Waals surface area contributed by atoms with Crippen LogP contribution < -0.4 is 5.32 Å². The molecule has 1 aromatic rings. The number of carbonyl (C=O) groups excluding carboxylic acids is 1. The zero-order valence-corrected chi connectivity index (χ0v) is 12.0. The Morgan fingerprint density at radius 3 is 2.75 bits per heavy atom. The maximum atomic E-state index is 12.2. The Bertz CT molecular complexity index is 479. The van der Waals surface area contributed by atoms with Gasteiger partial charge in [-0.05, 0) is 29.9 Å². The largest absolute Gasteiger partial charge is 0.468 e. The molecule has 2 fully saturated rings. The van der Waals surface area contributed by atoms with Crippen LogP contribution in [0.15, 0.2) is 24.3 Å². The summed E-state index contributed by atoms with van der Waals surface area (Å²) in [5.74, 6) is 0.552. The quantitative estimate of drug-likeness (QED) is 0.848. The third-order valence-electron chi connectivity index (χ3n) is 4.22. The fourth-order valence-electron chi connectivity index (χ4n) is 2.95. The fraction of sp³-hybridized carbons (Fsp3) is 0.562. The molecule has 1 N–H and O–H groups in total. The van der Waals surface area contributed by atoms with Crippen molar-refractivity contribution in [2.24, 2.45) is 0 Å². The molecule has 1 saturated carbocycles. The van der Waals surface area contributed by atoms with Crippen molar-refractivity contribution >= 4 is 5.97 Å². The highest BCUT2D eigenvalue weighted by molar-refractivity contribution is 5.77. The second kappa shape index (κ2) is 5.94. The molecule has 1 unspecified atom stereocenters. The summed E-state index contributed by atoms with van der Waals surface area (Å²) in [6.07, 6.45) is 2.56. The number of hydrogen-bond acceptors (Lipinski definition) is 4. The molecular formula is C16H22N2O2. The number of benzene rings is 1. The van der Waals surface area contributed by atoms with Crippen LogP contribution in [0.25, 0.3) is 0 Å². The van der Waals surface area contributed by atoms with Gasteiger partial charge in [0.1, 0.15) is 6.04 Å². The second-order valence-corrected chi connectivity index (χ2v) is 5.66. The van der Waals surface area contributed by atoms with Crippen LogP contribution in [0.4, 0.5) is 0 Å². The van der Waals surface area contributed by atoms with Gasteiger partial charge in [0.05, 0.1) is 7.11 Å². The van der Waals surface area contributed by atoms with Crippen LogP contribution in [0, 0.1) is 0 Å². The highest BCUT2D eigenvalue weighted by Crippen LogP contribution is 2.41. The number of methoxy groups -OCH3 is 1. The van der Waals surface area contributed by atoms with Crippen molar-refractivity contribution in [3.63, 3.8) is 0 Å². The van der Waals surface area contributed by atoms with Crippen LogP contribution in [-0.2, 0) is 9.53 Å². The van der Waals surface area contributed by atoms with Crippen LogP contribution in [0.2, 0.25) is 0 Å². The Kier molecular flexibility index (Phi) is 4.03. The van der Waals surface area contributed by atoms with E-state index in [-0.39, 0.29) is 12.0 Å². The van der Waals surface area contributed by atoms with E-state index in [0.29, 0.717) is 5.92 Å². The van der Waals surface area contributed by atoms with E-state index in [1.165, 1.54) is 25.5 Å². The van der Waals surface area contributed by atoms with Gasteiger partial charge in [-0.3, -0.25) is 4.90 Å². The first-order valence-electron chi connectivity index (χ1n) is 7.42. The zero-order valence-electron chi connectivity index (χ0n) is 12.0. The van der Waals surface area contributed by atoms with E-state index in [2.05, 4.69) is 34.5 Å². The molecule has 4 heteroatoms. The van der Waals surface area contributed by atoms with Gasteiger partial charge in [0.25, 0.3) is 0 Å². The lowest BCUT2D eigenvalue weighted by molar-refractivity contribution is -0.147. The summed E-state index contributed by atoms with van der Waals surface area (Å²) in [7, 11) is 1.47. The zero-order chi connectivity index (χ0) is 13.9. The molecule has 1 atom stereocenters. The molecule has 1 aromatic carbocycles. The van der Waals surface area contributed by atoms with Gasteiger partial charge < -0.3 is 10.1 Å². The first-order chi connectivity index (χ1) is 9.79. The topological polar surface area (TPSA) is 41.6 Å². The molecule has 0 spiro atoms. The fourth-order valence-corrected chi connectivity index (χ4v) is 2.95. The maximum absolute atomic E-state index is 12.2. The van der Waals surface area contributed by atoms with Crippen LogP contribution in [0.5, 0.6) is 0 Å². The predicted octanol–water partition coefficient (Wildman–Crippen LogP) is 1.68. The molecule has 1 saturated heterocycles. The van der Waals surface area contributed by atoms with E-state index in [0.717, 1.165) is 31.7 Å². The van der Waals surface area contributed by atoms with Gasteiger partial charge in [-0.25, -0.2) is 4.79 Å². The third kappa shape index (κ3) is 2.86. The minimum absolute atomic E-state index is 0.153. The Morgan fingerprint density at radius 2 is 2.10 bits per heavy atom. The van der Waals surface area contributed by atoms with Crippen LogP contribution in [-0.4, -0.2) is 44.2 Å². The van der Waals surface area contributed by atoms with Gasteiger partial charge in [0, 0.05) is 26.2 Å². The molecule has 108 valence electrons. The first-order valence-corrected chi connectivity index (χ1v) is 7.42. The number of rotatable bonds is 4. The molecule has 2 aliphatic rings. The van der Waals surface area contributed by atoms with Gasteiger partial charge in [0.2, 0.25) is 0 Å². The van der Waals surface area contributed by atoms with Gasteiger partial charge >= 0.3 is 5.97 Å². The van der Waals surface area contributed by atoms with E-state index >= 15 is 0 Å². The third-order valence-corrected chi connectivity index (χ3v) is 4.22. The van der Waals surface area contributed by atoms with Crippen LogP contribution in [0.3, 0.4) is 0 Å². The number of hydrogen-bond donors (Lipinski definition) is 1. The molecule has 20 heavy (non-hydrogen) atoms. The Hall–Kier alpha value is -1.39. The Morgan fingerprint density at radius 1 is 1.35 bits per heavy atom. The van der Waals surface area contributed by atoms with E-state index < -0.39 is 0 Å². The first kappa shape index (κ1) is 13.6. The molecule has 1 aliphatic heterocycles. The van der Waals surface area contributed by atoms with Gasteiger partial charge in [-0.1, -0.05) is 24.3 Å². The number of carbonyl (C=O) groups is 1. The molecule has 0 aromatic heterocycles. The van der Waals surface area contributed by atoms with Gasteiger partial charge in [-0.15, -0.1) is 0 Å². The lowest BCUT2D eigenvalue weighted by Crippen LogP contribution is -2.47. The van der Waals surface area contributed by atoms with E-state index in [1.807, 2.05) is 0 Å². The Balaban J connectivity index is 1.87. The van der Waals surface area contributed by atoms with E-state index in [4.69, 9.17) is 4.74 Å². The standard InChI is InChI=1S/C16H22N2O2/c1-20-16(19)15(18-9-7-17-8-10-18)14-4-2-3-13(11-14)12-5-6-12/h2-4,11-12,15,17H,5-10H2,1H3. The number of nitrogens with zero attached hydrogens (tertiary/aromatic N) is 1. The number of esters is 1. The number of piperazine rings is 1. The van der Waals surface area contributed by atoms with E-state index in [1.54, 1.807) is 0 Å². The molecule has 1 aliphatic carbocycles. The summed E-state index contributed by atoms with van der Waals surface area (Å²) in [6.45, 7) is 3.62.